The van der Waals surface area contributed by atoms with Gasteiger partial charge >= 0.3 is 0 Å². The first kappa shape index (κ1) is 20.6. The Bertz CT molecular complexity index is 927. The Morgan fingerprint density at radius 2 is 1.50 bits per heavy atom. The van der Waals surface area contributed by atoms with Crippen LogP contribution in [0.25, 0.3) is 11.5 Å². The van der Waals surface area contributed by atoms with E-state index in [1.807, 2.05) is 24.3 Å². The smallest absolute Gasteiger partial charge is 0.247 e. The fraction of sp³-hybridized carbons (Fsp3) is 0.417. The molecule has 4 rings (SSSR count). The van der Waals surface area contributed by atoms with Crippen LogP contribution in [0.4, 0.5) is 0 Å². The lowest BCUT2D eigenvalue weighted by molar-refractivity contribution is 0.114. The van der Waals surface area contributed by atoms with E-state index in [-0.39, 0.29) is 0 Å². The third-order valence-corrected chi connectivity index (χ3v) is 5.68. The highest BCUT2D eigenvalue weighted by Gasteiger charge is 2.19. The molecule has 0 atom stereocenters. The molecule has 2 aromatic carbocycles. The van der Waals surface area contributed by atoms with Crippen LogP contribution in [0, 0.1) is 0 Å². The molecular weight excluding hydrogens is 376 g/mol. The fourth-order valence-corrected chi connectivity index (χ4v) is 3.73. The van der Waals surface area contributed by atoms with Crippen LogP contribution in [-0.2, 0) is 13.1 Å². The van der Waals surface area contributed by atoms with Crippen LogP contribution in [0.15, 0.2) is 52.9 Å². The number of rotatable bonds is 7. The molecule has 0 saturated carbocycles. The van der Waals surface area contributed by atoms with Gasteiger partial charge in [-0.1, -0.05) is 38.1 Å². The van der Waals surface area contributed by atoms with Crippen molar-refractivity contribution in [2.45, 2.75) is 32.9 Å². The molecule has 1 fully saturated rings. The normalized spacial score (nSPS) is 15.6. The van der Waals surface area contributed by atoms with Crippen LogP contribution in [0.5, 0.6) is 5.75 Å². The summed E-state index contributed by atoms with van der Waals surface area (Å²) in [4.78, 5) is 4.89. The van der Waals surface area contributed by atoms with E-state index >= 15 is 0 Å². The molecule has 0 bridgehead atoms. The van der Waals surface area contributed by atoms with Crippen molar-refractivity contribution in [3.8, 4) is 17.2 Å². The van der Waals surface area contributed by atoms with Gasteiger partial charge in [0.15, 0.2) is 0 Å². The van der Waals surface area contributed by atoms with Crippen molar-refractivity contribution in [3.63, 3.8) is 0 Å². The summed E-state index contributed by atoms with van der Waals surface area (Å²) in [6.45, 7) is 10.3. The maximum Gasteiger partial charge on any atom is 0.247 e. The van der Waals surface area contributed by atoms with Gasteiger partial charge in [-0.05, 0) is 41.3 Å². The molecule has 2 heterocycles. The second-order valence-electron chi connectivity index (χ2n) is 8.18. The molecule has 1 saturated heterocycles. The molecule has 0 unspecified atom stereocenters. The molecule has 1 aromatic heterocycles. The zero-order valence-corrected chi connectivity index (χ0v) is 18.0. The molecule has 0 spiro atoms. The second-order valence-corrected chi connectivity index (χ2v) is 8.18. The monoisotopic (exact) mass is 406 g/mol. The minimum absolute atomic E-state index is 0.552. The zero-order valence-electron chi connectivity index (χ0n) is 18.0. The maximum absolute atomic E-state index is 5.88. The van der Waals surface area contributed by atoms with E-state index in [1.54, 1.807) is 7.11 Å². The second kappa shape index (κ2) is 9.41. The van der Waals surface area contributed by atoms with Crippen molar-refractivity contribution in [2.24, 2.45) is 0 Å². The Labute approximate surface area is 178 Å². The summed E-state index contributed by atoms with van der Waals surface area (Å²) in [5.74, 6) is 2.61. The number of piperazine rings is 1. The summed E-state index contributed by atoms with van der Waals surface area (Å²) in [7, 11) is 1.65. The van der Waals surface area contributed by atoms with E-state index in [0.29, 0.717) is 24.2 Å². The average molecular weight is 407 g/mol. The summed E-state index contributed by atoms with van der Waals surface area (Å²) in [6.07, 6.45) is 0. The third kappa shape index (κ3) is 5.07. The van der Waals surface area contributed by atoms with Crippen LogP contribution >= 0.6 is 0 Å². The van der Waals surface area contributed by atoms with Crippen molar-refractivity contribution in [1.82, 2.24) is 20.0 Å². The molecule has 0 radical (unpaired) electrons. The van der Waals surface area contributed by atoms with Crippen LogP contribution < -0.4 is 4.74 Å². The van der Waals surface area contributed by atoms with E-state index in [2.05, 4.69) is 58.1 Å². The topological polar surface area (TPSA) is 54.6 Å². The van der Waals surface area contributed by atoms with Crippen molar-refractivity contribution >= 4 is 0 Å². The largest absolute Gasteiger partial charge is 0.497 e. The number of ether oxygens (including phenoxy) is 1. The molecule has 1 aliphatic heterocycles. The van der Waals surface area contributed by atoms with E-state index in [4.69, 9.17) is 9.15 Å². The van der Waals surface area contributed by atoms with Gasteiger partial charge in [-0.15, -0.1) is 10.2 Å². The summed E-state index contributed by atoms with van der Waals surface area (Å²) in [5.41, 5.74) is 3.69. The quantitative estimate of drug-likeness (QED) is 0.587. The minimum atomic E-state index is 0.552. The lowest BCUT2D eigenvalue weighted by Crippen LogP contribution is -2.45. The zero-order chi connectivity index (χ0) is 20.9. The first-order chi connectivity index (χ1) is 14.6. The van der Waals surface area contributed by atoms with E-state index in [9.17, 15) is 0 Å². The van der Waals surface area contributed by atoms with Gasteiger partial charge in [0.25, 0.3) is 0 Å². The molecule has 0 aliphatic carbocycles. The van der Waals surface area contributed by atoms with E-state index < -0.39 is 0 Å². The molecule has 6 heteroatoms. The Kier molecular flexibility index (Phi) is 6.45. The molecule has 1 aliphatic rings. The van der Waals surface area contributed by atoms with Gasteiger partial charge in [-0.25, -0.2) is 0 Å². The van der Waals surface area contributed by atoms with Crippen LogP contribution in [0.3, 0.4) is 0 Å². The van der Waals surface area contributed by atoms with Crippen LogP contribution in [-0.4, -0.2) is 53.3 Å². The number of aromatic nitrogens is 2. The number of hydrogen-bond acceptors (Lipinski definition) is 6. The van der Waals surface area contributed by atoms with Gasteiger partial charge in [0.05, 0.1) is 13.7 Å². The highest BCUT2D eigenvalue weighted by molar-refractivity contribution is 5.53. The van der Waals surface area contributed by atoms with Gasteiger partial charge in [-0.3, -0.25) is 9.80 Å². The van der Waals surface area contributed by atoms with Crippen molar-refractivity contribution in [2.75, 3.05) is 33.3 Å². The predicted molar refractivity (Wildman–Crippen MR) is 117 cm³/mol. The molecule has 3 aromatic rings. The van der Waals surface area contributed by atoms with Crippen LogP contribution in [0.1, 0.15) is 36.8 Å². The van der Waals surface area contributed by atoms with Crippen molar-refractivity contribution in [1.29, 1.82) is 0 Å². The maximum atomic E-state index is 5.88. The summed E-state index contributed by atoms with van der Waals surface area (Å²) < 4.78 is 11.1. The number of hydrogen-bond donors (Lipinski definition) is 0. The minimum Gasteiger partial charge on any atom is -0.497 e. The Balaban J connectivity index is 1.27. The Morgan fingerprint density at radius 1 is 0.867 bits per heavy atom. The summed E-state index contributed by atoms with van der Waals surface area (Å²) in [6, 6.07) is 16.7. The number of methoxy groups -OCH3 is 1. The first-order valence-corrected chi connectivity index (χ1v) is 10.6. The van der Waals surface area contributed by atoms with Gasteiger partial charge in [0.1, 0.15) is 5.75 Å². The fourth-order valence-electron chi connectivity index (χ4n) is 3.73. The van der Waals surface area contributed by atoms with Crippen molar-refractivity contribution in [3.05, 3.63) is 65.5 Å². The Hall–Kier alpha value is -2.70. The lowest BCUT2D eigenvalue weighted by Gasteiger charge is -2.34. The van der Waals surface area contributed by atoms with E-state index in [0.717, 1.165) is 44.0 Å². The van der Waals surface area contributed by atoms with Crippen LogP contribution in [0.2, 0.25) is 0 Å². The highest BCUT2D eigenvalue weighted by atomic mass is 16.5. The standard InChI is InChI=1S/C24H30N4O2/c1-18(2)20-6-4-19(5-7-20)16-27-12-14-28(15-13-27)17-23-25-26-24(30-23)21-8-10-22(29-3)11-9-21/h4-11,18H,12-17H2,1-3H3. The molecule has 0 amide bonds. The molecule has 6 nitrogen and oxygen atoms in total. The lowest BCUT2D eigenvalue weighted by atomic mass is 10.0. The SMILES string of the molecule is COc1ccc(-c2nnc(CN3CCN(Cc4ccc(C(C)C)cc4)CC3)o2)cc1. The van der Waals surface area contributed by atoms with Crippen molar-refractivity contribution < 1.29 is 9.15 Å². The summed E-state index contributed by atoms with van der Waals surface area (Å²) >= 11 is 0. The molecule has 158 valence electrons. The predicted octanol–water partition coefficient (Wildman–Crippen LogP) is 4.19. The van der Waals surface area contributed by atoms with E-state index in [1.165, 1.54) is 11.1 Å². The molecule has 30 heavy (non-hydrogen) atoms. The number of nitrogens with zero attached hydrogens (tertiary/aromatic N) is 4. The van der Waals surface area contributed by atoms with Gasteiger partial charge in [0, 0.05) is 38.3 Å². The number of benzene rings is 2. The first-order valence-electron chi connectivity index (χ1n) is 10.6. The van der Waals surface area contributed by atoms with Gasteiger partial charge in [-0.2, -0.15) is 0 Å². The Morgan fingerprint density at radius 3 is 2.10 bits per heavy atom. The highest BCUT2D eigenvalue weighted by Crippen LogP contribution is 2.22. The third-order valence-electron chi connectivity index (χ3n) is 5.68. The van der Waals surface area contributed by atoms with Gasteiger partial charge < -0.3 is 9.15 Å². The molecular formula is C24H30N4O2. The summed E-state index contributed by atoms with van der Waals surface area (Å²) in [5, 5.41) is 8.44. The van der Waals surface area contributed by atoms with Gasteiger partial charge in [0.2, 0.25) is 11.8 Å². The average Bonchev–Trinajstić information content (AvgIpc) is 3.24. The molecule has 0 N–H and O–H groups in total.